The number of benzene rings is 1. The molecule has 1 aromatic carbocycles. The van der Waals surface area contributed by atoms with Crippen molar-refractivity contribution in [1.29, 1.82) is 0 Å². The summed E-state index contributed by atoms with van der Waals surface area (Å²) in [5.74, 6) is 0. The van der Waals surface area contributed by atoms with Gasteiger partial charge >= 0.3 is 0 Å². The van der Waals surface area contributed by atoms with Crippen LogP contribution in [0.3, 0.4) is 0 Å². The van der Waals surface area contributed by atoms with Crippen LogP contribution in [0.5, 0.6) is 0 Å². The first-order chi connectivity index (χ1) is 9.87. The maximum absolute atomic E-state index is 13.1. The van der Waals surface area contributed by atoms with Crippen LogP contribution in [0, 0.1) is 20.8 Å². The van der Waals surface area contributed by atoms with Crippen molar-refractivity contribution in [1.82, 2.24) is 4.31 Å². The molecular formula is C17H27NO2S. The van der Waals surface area contributed by atoms with E-state index in [1.54, 1.807) is 4.31 Å². The van der Waals surface area contributed by atoms with E-state index in [-0.39, 0.29) is 6.04 Å². The second-order valence-electron chi connectivity index (χ2n) is 6.23. The average molecular weight is 309 g/mol. The second-order valence-corrected chi connectivity index (χ2v) is 8.06. The third-order valence-electron chi connectivity index (χ3n) is 4.46. The van der Waals surface area contributed by atoms with Gasteiger partial charge in [-0.05, 0) is 44.7 Å². The minimum absolute atomic E-state index is 0.175. The van der Waals surface area contributed by atoms with E-state index < -0.39 is 10.0 Å². The van der Waals surface area contributed by atoms with Crippen molar-refractivity contribution in [2.75, 3.05) is 6.54 Å². The lowest BCUT2D eigenvalue weighted by Crippen LogP contribution is -2.41. The van der Waals surface area contributed by atoms with Gasteiger partial charge < -0.3 is 0 Å². The molecule has 0 aliphatic heterocycles. The predicted octanol–water partition coefficient (Wildman–Crippen LogP) is 3.96. The summed E-state index contributed by atoms with van der Waals surface area (Å²) < 4.78 is 28.0. The number of nitrogens with zero attached hydrogens (tertiary/aromatic N) is 1. The molecule has 4 heteroatoms. The fourth-order valence-corrected chi connectivity index (χ4v) is 5.79. The smallest absolute Gasteiger partial charge is 0.207 e. The highest BCUT2D eigenvalue weighted by atomic mass is 32.2. The Balaban J connectivity index is 2.44. The van der Waals surface area contributed by atoms with E-state index in [4.69, 9.17) is 0 Å². The first kappa shape index (κ1) is 16.5. The number of hydrogen-bond donors (Lipinski definition) is 0. The average Bonchev–Trinajstić information content (AvgIpc) is 2.38. The fourth-order valence-electron chi connectivity index (χ4n) is 3.68. The van der Waals surface area contributed by atoms with Gasteiger partial charge in [0.2, 0.25) is 10.0 Å². The first-order valence-corrected chi connectivity index (χ1v) is 9.41. The van der Waals surface area contributed by atoms with Crippen molar-refractivity contribution in [2.24, 2.45) is 0 Å². The Bertz CT molecular complexity index is 578. The van der Waals surface area contributed by atoms with Gasteiger partial charge in [-0.15, -0.1) is 0 Å². The maximum atomic E-state index is 13.1. The summed E-state index contributed by atoms with van der Waals surface area (Å²) in [7, 11) is -3.40. The molecule has 0 aromatic heterocycles. The van der Waals surface area contributed by atoms with E-state index in [9.17, 15) is 8.42 Å². The summed E-state index contributed by atoms with van der Waals surface area (Å²) in [4.78, 5) is 0.514. The van der Waals surface area contributed by atoms with Gasteiger partial charge in [-0.2, -0.15) is 4.31 Å². The number of rotatable bonds is 4. The second kappa shape index (κ2) is 6.49. The van der Waals surface area contributed by atoms with E-state index in [1.807, 2.05) is 39.8 Å². The molecular weight excluding hydrogens is 282 g/mol. The quantitative estimate of drug-likeness (QED) is 0.844. The molecule has 0 bridgehead atoms. The van der Waals surface area contributed by atoms with Gasteiger partial charge in [0, 0.05) is 12.6 Å². The molecule has 1 aliphatic carbocycles. The predicted molar refractivity (Wildman–Crippen MR) is 87.1 cm³/mol. The summed E-state index contributed by atoms with van der Waals surface area (Å²) in [6.07, 6.45) is 5.51. The van der Waals surface area contributed by atoms with Crippen molar-refractivity contribution in [2.45, 2.75) is 70.7 Å². The Morgan fingerprint density at radius 2 is 1.57 bits per heavy atom. The van der Waals surface area contributed by atoms with Crippen LogP contribution in [0.25, 0.3) is 0 Å². The molecule has 1 aliphatic rings. The standard InChI is InChI=1S/C17H27NO2S/c1-5-18(16-9-7-6-8-10-16)21(19,20)17-14(3)11-13(2)12-15(17)4/h11-12,16H,5-10H2,1-4H3. The molecule has 0 spiro atoms. The molecule has 1 aromatic rings. The molecule has 0 saturated heterocycles. The SMILES string of the molecule is CCN(C1CCCCC1)S(=O)(=O)c1c(C)cc(C)cc1C. The zero-order valence-electron chi connectivity index (χ0n) is 13.6. The summed E-state index contributed by atoms with van der Waals surface area (Å²) in [5, 5.41) is 0. The van der Waals surface area contributed by atoms with Crippen LogP contribution in [-0.2, 0) is 10.0 Å². The lowest BCUT2D eigenvalue weighted by molar-refractivity contribution is 0.261. The van der Waals surface area contributed by atoms with Crippen LogP contribution in [0.15, 0.2) is 17.0 Å². The molecule has 0 radical (unpaired) electrons. The molecule has 118 valence electrons. The van der Waals surface area contributed by atoms with Crippen molar-refractivity contribution in [3.8, 4) is 0 Å². The normalized spacial score (nSPS) is 17.4. The summed E-state index contributed by atoms with van der Waals surface area (Å²) in [6, 6.07) is 4.11. The molecule has 0 N–H and O–H groups in total. The van der Waals surface area contributed by atoms with Crippen LogP contribution >= 0.6 is 0 Å². The Morgan fingerprint density at radius 3 is 2.05 bits per heavy atom. The highest BCUT2D eigenvalue weighted by Gasteiger charge is 2.32. The van der Waals surface area contributed by atoms with Gasteiger partial charge in [-0.1, -0.05) is 43.9 Å². The molecule has 1 saturated carbocycles. The lowest BCUT2D eigenvalue weighted by Gasteiger charge is -2.33. The van der Waals surface area contributed by atoms with Crippen molar-refractivity contribution in [3.05, 3.63) is 28.8 Å². The van der Waals surface area contributed by atoms with Crippen LogP contribution in [-0.4, -0.2) is 25.3 Å². The van der Waals surface area contributed by atoms with Crippen molar-refractivity contribution in [3.63, 3.8) is 0 Å². The van der Waals surface area contributed by atoms with Gasteiger partial charge in [0.1, 0.15) is 0 Å². The van der Waals surface area contributed by atoms with Gasteiger partial charge in [0.15, 0.2) is 0 Å². The molecule has 0 atom stereocenters. The number of aryl methyl sites for hydroxylation is 3. The molecule has 21 heavy (non-hydrogen) atoms. The van der Waals surface area contributed by atoms with Crippen LogP contribution < -0.4 is 0 Å². The highest BCUT2D eigenvalue weighted by Crippen LogP contribution is 2.30. The third kappa shape index (κ3) is 3.32. The Hall–Kier alpha value is -0.870. The van der Waals surface area contributed by atoms with Crippen LogP contribution in [0.2, 0.25) is 0 Å². The van der Waals surface area contributed by atoms with E-state index in [0.717, 1.165) is 42.4 Å². The Kier molecular flexibility index (Phi) is 5.10. The van der Waals surface area contributed by atoms with Crippen LogP contribution in [0.4, 0.5) is 0 Å². The van der Waals surface area contributed by atoms with E-state index in [2.05, 4.69) is 0 Å². The van der Waals surface area contributed by atoms with E-state index in [1.165, 1.54) is 6.42 Å². The summed E-state index contributed by atoms with van der Waals surface area (Å²) in [5.41, 5.74) is 2.84. The monoisotopic (exact) mass is 309 g/mol. The van der Waals surface area contributed by atoms with E-state index >= 15 is 0 Å². The number of sulfonamides is 1. The topological polar surface area (TPSA) is 37.4 Å². The number of hydrogen-bond acceptors (Lipinski definition) is 2. The van der Waals surface area contributed by atoms with Crippen molar-refractivity contribution >= 4 is 10.0 Å². The molecule has 0 heterocycles. The third-order valence-corrected chi connectivity index (χ3v) is 6.80. The van der Waals surface area contributed by atoms with Gasteiger partial charge in [0.25, 0.3) is 0 Å². The van der Waals surface area contributed by atoms with E-state index in [0.29, 0.717) is 11.4 Å². The Morgan fingerprint density at radius 1 is 1.05 bits per heavy atom. The molecule has 0 amide bonds. The summed E-state index contributed by atoms with van der Waals surface area (Å²) in [6.45, 7) is 8.32. The zero-order valence-corrected chi connectivity index (χ0v) is 14.5. The van der Waals surface area contributed by atoms with Gasteiger partial charge in [0.05, 0.1) is 4.90 Å². The fraction of sp³-hybridized carbons (Fsp3) is 0.647. The highest BCUT2D eigenvalue weighted by molar-refractivity contribution is 7.89. The van der Waals surface area contributed by atoms with Gasteiger partial charge in [-0.25, -0.2) is 8.42 Å². The lowest BCUT2D eigenvalue weighted by atomic mass is 9.95. The molecule has 2 rings (SSSR count). The molecule has 3 nitrogen and oxygen atoms in total. The minimum Gasteiger partial charge on any atom is -0.207 e. The van der Waals surface area contributed by atoms with Gasteiger partial charge in [-0.3, -0.25) is 0 Å². The van der Waals surface area contributed by atoms with Crippen molar-refractivity contribution < 1.29 is 8.42 Å². The van der Waals surface area contributed by atoms with Crippen LogP contribution in [0.1, 0.15) is 55.7 Å². The zero-order chi connectivity index (χ0) is 15.6. The maximum Gasteiger partial charge on any atom is 0.243 e. The molecule has 1 fully saturated rings. The molecule has 0 unspecified atom stereocenters. The summed E-state index contributed by atoms with van der Waals surface area (Å²) >= 11 is 0. The first-order valence-electron chi connectivity index (χ1n) is 7.97. The minimum atomic E-state index is -3.40. The largest absolute Gasteiger partial charge is 0.243 e. The Labute approximate surface area is 129 Å².